The maximum Gasteiger partial charge on any atom is 0.227 e. The van der Waals surface area contributed by atoms with E-state index in [-0.39, 0.29) is 24.3 Å². The Morgan fingerprint density at radius 1 is 1.52 bits per heavy atom. The molecule has 1 fully saturated rings. The Morgan fingerprint density at radius 2 is 2.29 bits per heavy atom. The molecule has 1 aromatic rings. The van der Waals surface area contributed by atoms with Crippen LogP contribution in [0.4, 0.5) is 0 Å². The van der Waals surface area contributed by atoms with Crippen molar-refractivity contribution in [3.05, 3.63) is 28.8 Å². The van der Waals surface area contributed by atoms with Crippen LogP contribution in [0.2, 0.25) is 5.02 Å². The number of aliphatic hydroxyl groups excluding tert-OH is 1. The van der Waals surface area contributed by atoms with E-state index in [4.69, 9.17) is 16.3 Å². The first-order valence-electron chi connectivity index (χ1n) is 7.39. The lowest BCUT2D eigenvalue weighted by atomic mass is 9.96. The molecule has 1 amide bonds. The molecule has 0 radical (unpaired) electrons. The smallest absolute Gasteiger partial charge is 0.227 e. The average Bonchev–Trinajstić information content (AvgIpc) is 2.45. The van der Waals surface area contributed by atoms with Gasteiger partial charge < -0.3 is 14.7 Å². The van der Waals surface area contributed by atoms with Crippen molar-refractivity contribution in [2.45, 2.75) is 32.8 Å². The second-order valence-corrected chi connectivity index (χ2v) is 5.92. The number of rotatable bonds is 4. The van der Waals surface area contributed by atoms with E-state index < -0.39 is 0 Å². The lowest BCUT2D eigenvalue weighted by Gasteiger charge is -2.34. The van der Waals surface area contributed by atoms with Crippen LogP contribution in [-0.2, 0) is 11.2 Å². The molecular formula is C16H22ClNO3. The van der Waals surface area contributed by atoms with Gasteiger partial charge in [0.25, 0.3) is 0 Å². The van der Waals surface area contributed by atoms with Gasteiger partial charge in [0.15, 0.2) is 0 Å². The van der Waals surface area contributed by atoms with Crippen molar-refractivity contribution in [2.75, 3.05) is 19.7 Å². The molecule has 0 spiro atoms. The molecule has 1 saturated heterocycles. The highest BCUT2D eigenvalue weighted by Crippen LogP contribution is 2.29. The maximum atomic E-state index is 12.4. The highest BCUT2D eigenvalue weighted by Gasteiger charge is 2.27. The van der Waals surface area contributed by atoms with Gasteiger partial charge in [-0.2, -0.15) is 0 Å². The molecule has 5 heteroatoms. The number of amides is 1. The minimum Gasteiger partial charge on any atom is -0.492 e. The number of hydrogen-bond donors (Lipinski definition) is 1. The Kier molecular flexibility index (Phi) is 5.48. The normalized spacial score (nSPS) is 22.2. The molecule has 1 N–H and O–H groups in total. The van der Waals surface area contributed by atoms with Gasteiger partial charge in [-0.05, 0) is 25.3 Å². The third-order valence-corrected chi connectivity index (χ3v) is 4.19. The average molecular weight is 312 g/mol. The van der Waals surface area contributed by atoms with Crippen molar-refractivity contribution < 1.29 is 14.6 Å². The Labute approximate surface area is 130 Å². The molecule has 1 heterocycles. The van der Waals surface area contributed by atoms with E-state index >= 15 is 0 Å². The van der Waals surface area contributed by atoms with Crippen LogP contribution in [0.15, 0.2) is 18.2 Å². The zero-order chi connectivity index (χ0) is 15.4. The van der Waals surface area contributed by atoms with Crippen LogP contribution in [-0.4, -0.2) is 41.7 Å². The molecule has 1 aliphatic heterocycles. The predicted molar refractivity (Wildman–Crippen MR) is 82.7 cm³/mol. The molecule has 0 unspecified atom stereocenters. The predicted octanol–water partition coefficient (Wildman–Crippen LogP) is 2.51. The van der Waals surface area contributed by atoms with Crippen LogP contribution in [0.5, 0.6) is 5.75 Å². The van der Waals surface area contributed by atoms with E-state index in [1.54, 1.807) is 6.07 Å². The summed E-state index contributed by atoms with van der Waals surface area (Å²) in [5, 5.41) is 10.3. The maximum absolute atomic E-state index is 12.4. The number of hydrogen-bond acceptors (Lipinski definition) is 3. The van der Waals surface area contributed by atoms with Crippen LogP contribution >= 0.6 is 11.6 Å². The summed E-state index contributed by atoms with van der Waals surface area (Å²) < 4.78 is 5.55. The molecule has 2 rings (SSSR count). The Hall–Kier alpha value is -1.26. The van der Waals surface area contributed by atoms with E-state index in [2.05, 4.69) is 0 Å². The standard InChI is InChI=1S/C16H22ClNO3/c1-3-21-16-12(5-4-6-13(16)17)9-15(20)18-8-7-14(19)11(2)10-18/h4-6,11,14,19H,3,7-10H2,1-2H3/t11-,14-/m1/s1. The fraction of sp³-hybridized carbons (Fsp3) is 0.562. The van der Waals surface area contributed by atoms with Gasteiger partial charge in [0.2, 0.25) is 5.91 Å². The van der Waals surface area contributed by atoms with Crippen molar-refractivity contribution in [3.8, 4) is 5.75 Å². The number of likely N-dealkylation sites (tertiary alicyclic amines) is 1. The summed E-state index contributed by atoms with van der Waals surface area (Å²) in [4.78, 5) is 14.2. The van der Waals surface area contributed by atoms with Crippen molar-refractivity contribution in [1.82, 2.24) is 4.90 Å². The first-order valence-corrected chi connectivity index (χ1v) is 7.76. The topological polar surface area (TPSA) is 49.8 Å². The zero-order valence-electron chi connectivity index (χ0n) is 12.5. The number of halogens is 1. The number of nitrogens with zero attached hydrogens (tertiary/aromatic N) is 1. The summed E-state index contributed by atoms with van der Waals surface area (Å²) in [5.41, 5.74) is 0.813. The van der Waals surface area contributed by atoms with Gasteiger partial charge in [-0.25, -0.2) is 0 Å². The molecule has 1 aromatic carbocycles. The number of carbonyl (C=O) groups is 1. The highest BCUT2D eigenvalue weighted by atomic mass is 35.5. The molecule has 21 heavy (non-hydrogen) atoms. The van der Waals surface area contributed by atoms with Crippen LogP contribution < -0.4 is 4.74 Å². The number of piperidine rings is 1. The quantitative estimate of drug-likeness (QED) is 0.929. The van der Waals surface area contributed by atoms with Crippen molar-refractivity contribution >= 4 is 17.5 Å². The highest BCUT2D eigenvalue weighted by molar-refractivity contribution is 6.32. The van der Waals surface area contributed by atoms with E-state index in [0.717, 1.165) is 5.56 Å². The second-order valence-electron chi connectivity index (χ2n) is 5.51. The first-order chi connectivity index (χ1) is 10.0. The van der Waals surface area contributed by atoms with Crippen LogP contribution in [0.1, 0.15) is 25.8 Å². The largest absolute Gasteiger partial charge is 0.492 e. The summed E-state index contributed by atoms with van der Waals surface area (Å²) >= 11 is 6.14. The number of carbonyl (C=O) groups excluding carboxylic acids is 1. The zero-order valence-corrected chi connectivity index (χ0v) is 13.3. The minimum atomic E-state index is -0.306. The van der Waals surface area contributed by atoms with Gasteiger partial charge in [-0.1, -0.05) is 30.7 Å². The van der Waals surface area contributed by atoms with Gasteiger partial charge in [0, 0.05) is 18.7 Å². The Morgan fingerprint density at radius 3 is 2.95 bits per heavy atom. The van der Waals surface area contributed by atoms with Crippen molar-refractivity contribution in [3.63, 3.8) is 0 Å². The fourth-order valence-corrected chi connectivity index (χ4v) is 2.88. The summed E-state index contributed by atoms with van der Waals surface area (Å²) in [6.45, 7) is 5.58. The van der Waals surface area contributed by atoms with Crippen LogP contribution in [0, 0.1) is 5.92 Å². The Balaban J connectivity index is 2.08. The molecule has 0 bridgehead atoms. The third kappa shape index (κ3) is 3.89. The number of aliphatic hydroxyl groups is 1. The lowest BCUT2D eigenvalue weighted by Crippen LogP contribution is -2.45. The molecular weight excluding hydrogens is 290 g/mol. The fourth-order valence-electron chi connectivity index (χ4n) is 2.63. The number of ether oxygens (including phenoxy) is 1. The van der Waals surface area contributed by atoms with Crippen molar-refractivity contribution in [2.24, 2.45) is 5.92 Å². The van der Waals surface area contributed by atoms with Crippen molar-refractivity contribution in [1.29, 1.82) is 0 Å². The van der Waals surface area contributed by atoms with E-state index in [1.165, 1.54) is 0 Å². The summed E-state index contributed by atoms with van der Waals surface area (Å²) in [5.74, 6) is 0.769. The molecule has 1 aliphatic rings. The molecule has 116 valence electrons. The molecule has 2 atom stereocenters. The lowest BCUT2D eigenvalue weighted by molar-refractivity contribution is -0.134. The van der Waals surface area contributed by atoms with Gasteiger partial charge in [0.1, 0.15) is 5.75 Å². The van der Waals surface area contributed by atoms with E-state index in [1.807, 2.05) is 30.9 Å². The number of para-hydroxylation sites is 1. The minimum absolute atomic E-state index is 0.0527. The first kappa shape index (κ1) is 16.1. The molecule has 0 aromatic heterocycles. The van der Waals surface area contributed by atoms with Crippen LogP contribution in [0.3, 0.4) is 0 Å². The second kappa shape index (κ2) is 7.14. The molecule has 4 nitrogen and oxygen atoms in total. The summed E-state index contributed by atoms with van der Waals surface area (Å²) in [6.07, 6.45) is 0.610. The monoisotopic (exact) mass is 311 g/mol. The van der Waals surface area contributed by atoms with Gasteiger partial charge in [-0.15, -0.1) is 0 Å². The van der Waals surface area contributed by atoms with Gasteiger partial charge in [-0.3, -0.25) is 4.79 Å². The third-order valence-electron chi connectivity index (χ3n) is 3.89. The van der Waals surface area contributed by atoms with Gasteiger partial charge in [0.05, 0.1) is 24.2 Å². The SMILES string of the molecule is CCOc1c(Cl)cccc1CC(=O)N1CC[C@@H](O)[C@H](C)C1. The molecule has 0 aliphatic carbocycles. The summed E-state index contributed by atoms with van der Waals surface area (Å²) in [6, 6.07) is 5.47. The number of benzene rings is 1. The van der Waals surface area contributed by atoms with E-state index in [0.29, 0.717) is 36.9 Å². The van der Waals surface area contributed by atoms with Crippen LogP contribution in [0.25, 0.3) is 0 Å². The van der Waals surface area contributed by atoms with E-state index in [9.17, 15) is 9.90 Å². The van der Waals surface area contributed by atoms with Gasteiger partial charge >= 0.3 is 0 Å². The Bertz CT molecular complexity index is 506. The molecule has 0 saturated carbocycles. The summed E-state index contributed by atoms with van der Waals surface area (Å²) in [7, 11) is 0.